The molecule has 2 aromatic carbocycles. The third-order valence-corrected chi connectivity index (χ3v) is 6.59. The van der Waals surface area contributed by atoms with E-state index in [2.05, 4.69) is 31.0 Å². The molecule has 3 rings (SSSR count). The van der Waals surface area contributed by atoms with Crippen LogP contribution in [0.3, 0.4) is 0 Å². The van der Waals surface area contributed by atoms with E-state index in [1.807, 2.05) is 29.2 Å². The number of pyridine rings is 1. The Kier molecular flexibility index (Phi) is 10.4. The van der Waals surface area contributed by atoms with Gasteiger partial charge in [0.15, 0.2) is 0 Å². The molecule has 0 aliphatic rings. The predicted octanol–water partition coefficient (Wildman–Crippen LogP) is 5.22. The van der Waals surface area contributed by atoms with E-state index in [1.165, 1.54) is 11.6 Å². The zero-order valence-electron chi connectivity index (χ0n) is 21.0. The quantitative estimate of drug-likeness (QED) is 0.311. The molecule has 0 unspecified atom stereocenters. The fraction of sp³-hybridized carbons (Fsp3) is 0.448. The molecule has 0 fully saturated rings. The number of carbonyl (C=O) groups excluding carboxylic acids is 1. The van der Waals surface area contributed by atoms with Crippen molar-refractivity contribution in [3.05, 3.63) is 76.1 Å². The molecule has 0 spiro atoms. The average molecular weight is 479 g/mol. The van der Waals surface area contributed by atoms with Gasteiger partial charge >= 0.3 is 0 Å². The van der Waals surface area contributed by atoms with Gasteiger partial charge in [-0.25, -0.2) is 0 Å². The summed E-state index contributed by atoms with van der Waals surface area (Å²) >= 11 is 0. The molecule has 0 bridgehead atoms. The van der Waals surface area contributed by atoms with Crippen LogP contribution in [-0.2, 0) is 22.4 Å². The number of aromatic hydroxyl groups is 1. The zero-order valence-corrected chi connectivity index (χ0v) is 21.0. The fourth-order valence-electron chi connectivity index (χ4n) is 4.34. The van der Waals surface area contributed by atoms with Crippen LogP contribution >= 0.6 is 0 Å². The third-order valence-electron chi connectivity index (χ3n) is 6.59. The monoisotopic (exact) mass is 478 g/mol. The molecule has 0 saturated carbocycles. The number of phenolic OH excluding ortho intramolecular Hbond substituents is 1. The Bertz CT molecular complexity index is 1130. The summed E-state index contributed by atoms with van der Waals surface area (Å²) in [4.78, 5) is 29.2. The molecule has 188 valence electrons. The molecule has 35 heavy (non-hydrogen) atoms. The minimum absolute atomic E-state index is 0.0909. The maximum Gasteiger partial charge on any atom is 0.248 e. The van der Waals surface area contributed by atoms with Crippen molar-refractivity contribution in [1.82, 2.24) is 9.88 Å². The molecule has 0 aliphatic carbocycles. The van der Waals surface area contributed by atoms with Crippen LogP contribution in [-0.4, -0.2) is 46.7 Å². The van der Waals surface area contributed by atoms with Gasteiger partial charge in [-0.3, -0.25) is 9.59 Å². The number of nitrogens with one attached hydrogen (secondary N) is 1. The second-order valence-electron chi connectivity index (χ2n) is 9.11. The highest BCUT2D eigenvalue weighted by atomic mass is 16.5. The Morgan fingerprint density at radius 2 is 1.80 bits per heavy atom. The highest BCUT2D eigenvalue weighted by Crippen LogP contribution is 2.26. The number of fused-ring (bicyclic) bond motifs is 1. The number of rotatable bonds is 14. The number of amides is 1. The number of carbonyl (C=O) groups is 1. The summed E-state index contributed by atoms with van der Waals surface area (Å²) in [5.74, 6) is 0.251. The summed E-state index contributed by atoms with van der Waals surface area (Å²) < 4.78 is 5.73. The van der Waals surface area contributed by atoms with Crippen molar-refractivity contribution in [2.24, 2.45) is 0 Å². The third kappa shape index (κ3) is 7.96. The molecule has 0 radical (unpaired) electrons. The van der Waals surface area contributed by atoms with Crippen LogP contribution in [0.2, 0.25) is 0 Å². The van der Waals surface area contributed by atoms with Gasteiger partial charge in [0, 0.05) is 24.0 Å². The molecule has 3 aromatic rings. The lowest BCUT2D eigenvalue weighted by Crippen LogP contribution is -2.39. The summed E-state index contributed by atoms with van der Waals surface area (Å²) in [6.45, 7) is 6.05. The number of benzene rings is 2. The number of aryl methyl sites for hydroxylation is 1. The van der Waals surface area contributed by atoms with Gasteiger partial charge in [0.25, 0.3) is 0 Å². The summed E-state index contributed by atoms with van der Waals surface area (Å²) in [6, 6.07) is 17.3. The minimum atomic E-state index is -0.221. The molecular weight excluding hydrogens is 440 g/mol. The highest BCUT2D eigenvalue weighted by Gasteiger charge is 2.18. The van der Waals surface area contributed by atoms with Crippen molar-refractivity contribution >= 4 is 16.8 Å². The maximum atomic E-state index is 12.9. The predicted molar refractivity (Wildman–Crippen MR) is 141 cm³/mol. The Morgan fingerprint density at radius 3 is 2.57 bits per heavy atom. The second-order valence-corrected chi connectivity index (χ2v) is 9.11. The van der Waals surface area contributed by atoms with Crippen LogP contribution in [0.25, 0.3) is 10.9 Å². The van der Waals surface area contributed by atoms with Crippen LogP contribution in [0.5, 0.6) is 5.75 Å². The first-order valence-electron chi connectivity index (χ1n) is 12.7. The molecule has 6 heteroatoms. The summed E-state index contributed by atoms with van der Waals surface area (Å²) in [5.41, 5.74) is 2.63. The van der Waals surface area contributed by atoms with Crippen LogP contribution in [0.15, 0.2) is 59.4 Å². The van der Waals surface area contributed by atoms with Crippen LogP contribution in [0.4, 0.5) is 0 Å². The van der Waals surface area contributed by atoms with Gasteiger partial charge in [0.2, 0.25) is 11.5 Å². The molecule has 1 amide bonds. The fourth-order valence-corrected chi connectivity index (χ4v) is 4.34. The van der Waals surface area contributed by atoms with Crippen molar-refractivity contribution in [2.45, 2.75) is 64.8 Å². The maximum absolute atomic E-state index is 12.9. The topological polar surface area (TPSA) is 82.6 Å². The van der Waals surface area contributed by atoms with E-state index in [0.717, 1.165) is 56.0 Å². The van der Waals surface area contributed by atoms with Crippen LogP contribution < -0.4 is 5.56 Å². The van der Waals surface area contributed by atoms with E-state index in [0.29, 0.717) is 25.2 Å². The lowest BCUT2D eigenvalue weighted by molar-refractivity contribution is -0.134. The lowest BCUT2D eigenvalue weighted by atomic mass is 10.0. The van der Waals surface area contributed by atoms with Gasteiger partial charge in [-0.2, -0.15) is 0 Å². The van der Waals surface area contributed by atoms with Crippen molar-refractivity contribution in [3.8, 4) is 5.75 Å². The van der Waals surface area contributed by atoms with Gasteiger partial charge in [-0.05, 0) is 62.3 Å². The van der Waals surface area contributed by atoms with Gasteiger partial charge in [0.05, 0.1) is 25.2 Å². The van der Waals surface area contributed by atoms with E-state index in [-0.39, 0.29) is 23.3 Å². The van der Waals surface area contributed by atoms with E-state index in [4.69, 9.17) is 4.74 Å². The number of aromatic nitrogens is 1. The van der Waals surface area contributed by atoms with Crippen molar-refractivity contribution in [1.29, 1.82) is 0 Å². The Balaban J connectivity index is 1.41. The number of phenols is 1. The molecule has 0 saturated heterocycles. The number of unbranched alkanes of at least 4 members (excludes halogenated alkanes) is 2. The van der Waals surface area contributed by atoms with E-state index in [9.17, 15) is 14.7 Å². The van der Waals surface area contributed by atoms with Gasteiger partial charge in [-0.15, -0.1) is 0 Å². The summed E-state index contributed by atoms with van der Waals surface area (Å²) in [5, 5.41) is 10.9. The van der Waals surface area contributed by atoms with E-state index >= 15 is 0 Å². The second kappa shape index (κ2) is 13.7. The number of ether oxygens (including phenoxy) is 1. The number of hydrogen-bond acceptors (Lipinski definition) is 4. The Morgan fingerprint density at radius 1 is 1.00 bits per heavy atom. The standard InChI is InChI=1S/C29H38N2O4/c1-3-22(2)31(28(34)18-21-35-20-17-23-10-6-4-7-11-23)19-9-5-8-12-24-13-15-26(32)29-25(24)14-16-27(33)30-29/h4,6-7,10-11,13-16,22,32H,3,5,8-9,12,17-21H2,1-2H3,(H,30,33)/t22-/m1/s1. The van der Waals surface area contributed by atoms with Crippen molar-refractivity contribution in [3.63, 3.8) is 0 Å². The van der Waals surface area contributed by atoms with Crippen LogP contribution in [0, 0.1) is 0 Å². The first-order valence-corrected chi connectivity index (χ1v) is 12.7. The van der Waals surface area contributed by atoms with E-state index < -0.39 is 0 Å². The zero-order chi connectivity index (χ0) is 25.0. The normalized spacial score (nSPS) is 12.1. The SMILES string of the molecule is CC[C@@H](C)N(CCCCCc1ccc(O)c2[nH]c(=O)ccc12)C(=O)CCOCCc1ccccc1. The smallest absolute Gasteiger partial charge is 0.248 e. The van der Waals surface area contributed by atoms with E-state index in [1.54, 1.807) is 12.1 Å². The highest BCUT2D eigenvalue weighted by molar-refractivity contribution is 5.87. The summed E-state index contributed by atoms with van der Waals surface area (Å²) in [6.07, 6.45) is 5.97. The molecule has 2 N–H and O–H groups in total. The Labute approximate surface area is 207 Å². The summed E-state index contributed by atoms with van der Waals surface area (Å²) in [7, 11) is 0. The van der Waals surface area contributed by atoms with Crippen molar-refractivity contribution in [2.75, 3.05) is 19.8 Å². The van der Waals surface area contributed by atoms with Gasteiger partial charge in [-0.1, -0.05) is 49.7 Å². The number of hydrogen-bond donors (Lipinski definition) is 2. The minimum Gasteiger partial charge on any atom is -0.506 e. The molecule has 6 nitrogen and oxygen atoms in total. The average Bonchev–Trinajstić information content (AvgIpc) is 2.87. The molecule has 1 heterocycles. The number of nitrogens with zero attached hydrogens (tertiary/aromatic N) is 1. The Hall–Kier alpha value is -3.12. The molecule has 1 aromatic heterocycles. The molecular formula is C29H38N2O4. The van der Waals surface area contributed by atoms with Gasteiger partial charge in [0.1, 0.15) is 5.75 Å². The first kappa shape index (κ1) is 26.5. The first-order chi connectivity index (χ1) is 17.0. The largest absolute Gasteiger partial charge is 0.506 e. The lowest BCUT2D eigenvalue weighted by Gasteiger charge is -2.29. The van der Waals surface area contributed by atoms with Crippen LogP contribution in [0.1, 0.15) is 57.1 Å². The number of aromatic amines is 1. The number of H-pyrrole nitrogens is 1. The van der Waals surface area contributed by atoms with Gasteiger partial charge < -0.3 is 19.7 Å². The van der Waals surface area contributed by atoms with Crippen molar-refractivity contribution < 1.29 is 14.6 Å². The molecule has 1 atom stereocenters. The molecule has 0 aliphatic heterocycles.